The molecule has 0 saturated heterocycles. The predicted octanol–water partition coefficient (Wildman–Crippen LogP) is 2.38. The van der Waals surface area contributed by atoms with Crippen LogP contribution in [0.4, 0.5) is 0 Å². The Morgan fingerprint density at radius 2 is 1.94 bits per heavy atom. The van der Waals surface area contributed by atoms with E-state index >= 15 is 0 Å². The van der Waals surface area contributed by atoms with Crippen molar-refractivity contribution in [2.75, 3.05) is 13.6 Å². The SMILES string of the molecule is CC[C@H](CC(=O)N(C)[C@H](C)CN)c1ccccc1. The van der Waals surface area contributed by atoms with Gasteiger partial charge in [-0.25, -0.2) is 0 Å². The molecule has 1 rings (SSSR count). The lowest BCUT2D eigenvalue weighted by atomic mass is 9.92. The van der Waals surface area contributed by atoms with Crippen LogP contribution in [0, 0.1) is 0 Å². The minimum absolute atomic E-state index is 0.103. The molecule has 0 saturated carbocycles. The highest BCUT2D eigenvalue weighted by atomic mass is 16.2. The third kappa shape index (κ3) is 3.84. The molecule has 100 valence electrons. The van der Waals surface area contributed by atoms with Gasteiger partial charge in [-0.05, 0) is 24.8 Å². The number of carbonyl (C=O) groups excluding carboxylic acids is 1. The first kappa shape index (κ1) is 14.7. The maximum Gasteiger partial charge on any atom is 0.223 e. The fraction of sp³-hybridized carbons (Fsp3) is 0.533. The quantitative estimate of drug-likeness (QED) is 0.840. The Labute approximate surface area is 110 Å². The van der Waals surface area contributed by atoms with E-state index < -0.39 is 0 Å². The molecule has 1 aromatic rings. The Balaban J connectivity index is 2.67. The molecular formula is C15H24N2O. The highest BCUT2D eigenvalue weighted by Gasteiger charge is 2.19. The molecule has 0 heterocycles. The van der Waals surface area contributed by atoms with Gasteiger partial charge in [-0.15, -0.1) is 0 Å². The molecule has 0 aliphatic heterocycles. The van der Waals surface area contributed by atoms with Crippen molar-refractivity contribution in [3.05, 3.63) is 35.9 Å². The van der Waals surface area contributed by atoms with Gasteiger partial charge in [0, 0.05) is 26.1 Å². The maximum absolute atomic E-state index is 12.2. The summed E-state index contributed by atoms with van der Waals surface area (Å²) in [6.45, 7) is 4.60. The van der Waals surface area contributed by atoms with E-state index in [0.717, 1.165) is 6.42 Å². The van der Waals surface area contributed by atoms with Gasteiger partial charge >= 0.3 is 0 Å². The van der Waals surface area contributed by atoms with Crippen LogP contribution in [0.15, 0.2) is 30.3 Å². The number of amides is 1. The molecule has 0 unspecified atom stereocenters. The zero-order chi connectivity index (χ0) is 13.5. The monoisotopic (exact) mass is 248 g/mol. The van der Waals surface area contributed by atoms with Gasteiger partial charge in [-0.2, -0.15) is 0 Å². The lowest BCUT2D eigenvalue weighted by Crippen LogP contribution is -2.40. The minimum atomic E-state index is 0.103. The van der Waals surface area contributed by atoms with Crippen molar-refractivity contribution in [1.82, 2.24) is 4.90 Å². The Morgan fingerprint density at radius 1 is 1.33 bits per heavy atom. The van der Waals surface area contributed by atoms with E-state index in [4.69, 9.17) is 5.73 Å². The van der Waals surface area contributed by atoms with Gasteiger partial charge in [0.25, 0.3) is 0 Å². The van der Waals surface area contributed by atoms with Crippen molar-refractivity contribution in [1.29, 1.82) is 0 Å². The van der Waals surface area contributed by atoms with Gasteiger partial charge in [0.2, 0.25) is 5.91 Å². The average molecular weight is 248 g/mol. The first-order valence-corrected chi connectivity index (χ1v) is 6.60. The number of rotatable bonds is 6. The summed E-state index contributed by atoms with van der Waals surface area (Å²) < 4.78 is 0. The summed E-state index contributed by atoms with van der Waals surface area (Å²) in [5.41, 5.74) is 6.83. The average Bonchev–Trinajstić information content (AvgIpc) is 2.43. The molecule has 0 bridgehead atoms. The Hall–Kier alpha value is -1.35. The van der Waals surface area contributed by atoms with Crippen molar-refractivity contribution >= 4 is 5.91 Å². The van der Waals surface area contributed by atoms with Crippen LogP contribution in [0.5, 0.6) is 0 Å². The van der Waals surface area contributed by atoms with E-state index in [1.807, 2.05) is 32.2 Å². The van der Waals surface area contributed by atoms with E-state index in [9.17, 15) is 4.79 Å². The summed E-state index contributed by atoms with van der Waals surface area (Å²) in [7, 11) is 1.83. The standard InChI is InChI=1S/C15H24N2O/c1-4-13(14-8-6-5-7-9-14)10-15(18)17(3)12(2)11-16/h5-9,12-13H,4,10-11,16H2,1-3H3/t12-,13-/m1/s1. The van der Waals surface area contributed by atoms with Crippen molar-refractivity contribution in [3.8, 4) is 0 Å². The molecule has 1 aromatic carbocycles. The van der Waals surface area contributed by atoms with Crippen LogP contribution in [0.2, 0.25) is 0 Å². The highest BCUT2D eigenvalue weighted by molar-refractivity contribution is 5.77. The highest BCUT2D eigenvalue weighted by Crippen LogP contribution is 2.23. The molecule has 3 nitrogen and oxygen atoms in total. The van der Waals surface area contributed by atoms with Gasteiger partial charge in [0.1, 0.15) is 0 Å². The minimum Gasteiger partial charge on any atom is -0.342 e. The van der Waals surface area contributed by atoms with E-state index in [1.165, 1.54) is 5.56 Å². The first-order valence-electron chi connectivity index (χ1n) is 6.60. The Morgan fingerprint density at radius 3 is 2.44 bits per heavy atom. The molecule has 0 aliphatic rings. The van der Waals surface area contributed by atoms with Gasteiger partial charge in [-0.1, -0.05) is 37.3 Å². The summed E-state index contributed by atoms with van der Waals surface area (Å²) in [5, 5.41) is 0. The van der Waals surface area contributed by atoms with Gasteiger partial charge < -0.3 is 10.6 Å². The lowest BCUT2D eigenvalue weighted by molar-refractivity contribution is -0.131. The Bertz CT molecular complexity index is 364. The summed E-state index contributed by atoms with van der Waals surface area (Å²) in [4.78, 5) is 13.9. The number of nitrogens with two attached hydrogens (primary N) is 1. The zero-order valence-corrected chi connectivity index (χ0v) is 11.6. The van der Waals surface area contributed by atoms with Crippen LogP contribution in [0.1, 0.15) is 38.2 Å². The van der Waals surface area contributed by atoms with Crippen LogP contribution < -0.4 is 5.73 Å². The summed E-state index contributed by atoms with van der Waals surface area (Å²) >= 11 is 0. The van der Waals surface area contributed by atoms with Gasteiger partial charge in [0.15, 0.2) is 0 Å². The molecule has 18 heavy (non-hydrogen) atoms. The molecule has 0 aliphatic carbocycles. The lowest BCUT2D eigenvalue weighted by Gasteiger charge is -2.26. The van der Waals surface area contributed by atoms with Gasteiger partial charge in [-0.3, -0.25) is 4.79 Å². The maximum atomic E-state index is 12.2. The molecule has 0 aromatic heterocycles. The number of hydrogen-bond donors (Lipinski definition) is 1. The van der Waals surface area contributed by atoms with Gasteiger partial charge in [0.05, 0.1) is 0 Å². The van der Waals surface area contributed by atoms with Crippen LogP contribution >= 0.6 is 0 Å². The fourth-order valence-corrected chi connectivity index (χ4v) is 1.98. The van der Waals surface area contributed by atoms with E-state index in [1.54, 1.807) is 4.90 Å². The topological polar surface area (TPSA) is 46.3 Å². The van der Waals surface area contributed by atoms with Crippen molar-refractivity contribution in [2.45, 2.75) is 38.6 Å². The van der Waals surface area contributed by atoms with E-state index in [2.05, 4.69) is 19.1 Å². The first-order chi connectivity index (χ1) is 8.60. The number of benzene rings is 1. The number of nitrogens with zero attached hydrogens (tertiary/aromatic N) is 1. The van der Waals surface area contributed by atoms with Crippen LogP contribution in [-0.2, 0) is 4.79 Å². The number of likely N-dealkylation sites (N-methyl/N-ethyl adjacent to an activating group) is 1. The molecule has 1 amide bonds. The molecule has 0 radical (unpaired) electrons. The van der Waals surface area contributed by atoms with E-state index in [-0.39, 0.29) is 11.9 Å². The summed E-state index contributed by atoms with van der Waals surface area (Å²) in [5.74, 6) is 0.467. The zero-order valence-electron chi connectivity index (χ0n) is 11.6. The number of carbonyl (C=O) groups is 1. The molecular weight excluding hydrogens is 224 g/mol. The van der Waals surface area contributed by atoms with Crippen LogP contribution in [0.3, 0.4) is 0 Å². The van der Waals surface area contributed by atoms with Crippen molar-refractivity contribution < 1.29 is 4.79 Å². The second-order valence-corrected chi connectivity index (χ2v) is 4.81. The molecule has 2 N–H and O–H groups in total. The van der Waals surface area contributed by atoms with Crippen LogP contribution in [-0.4, -0.2) is 30.4 Å². The largest absolute Gasteiger partial charge is 0.342 e. The van der Waals surface area contributed by atoms with E-state index in [0.29, 0.717) is 18.9 Å². The molecule has 3 heteroatoms. The fourth-order valence-electron chi connectivity index (χ4n) is 1.98. The predicted molar refractivity (Wildman–Crippen MR) is 75.4 cm³/mol. The normalized spacial score (nSPS) is 14.0. The van der Waals surface area contributed by atoms with Crippen molar-refractivity contribution in [2.24, 2.45) is 5.73 Å². The molecule has 0 spiro atoms. The Kier molecular flexibility index (Phi) is 5.86. The molecule has 2 atom stereocenters. The molecule has 0 fully saturated rings. The third-order valence-electron chi connectivity index (χ3n) is 3.58. The van der Waals surface area contributed by atoms with Crippen LogP contribution in [0.25, 0.3) is 0 Å². The second kappa shape index (κ2) is 7.17. The van der Waals surface area contributed by atoms with Crippen molar-refractivity contribution in [3.63, 3.8) is 0 Å². The number of hydrogen-bond acceptors (Lipinski definition) is 2. The third-order valence-corrected chi connectivity index (χ3v) is 3.58. The smallest absolute Gasteiger partial charge is 0.223 e. The summed E-state index contributed by atoms with van der Waals surface area (Å²) in [6.07, 6.45) is 1.53. The summed E-state index contributed by atoms with van der Waals surface area (Å²) in [6, 6.07) is 10.3. The second-order valence-electron chi connectivity index (χ2n) is 4.81.